The summed E-state index contributed by atoms with van der Waals surface area (Å²) in [6.07, 6.45) is 6.46. The Balaban J connectivity index is 1.61. The second kappa shape index (κ2) is 6.79. The molecule has 0 radical (unpaired) electrons. The topological polar surface area (TPSA) is 82.1 Å². The van der Waals surface area contributed by atoms with E-state index in [2.05, 4.69) is 0 Å². The normalized spacial score (nSPS) is 35.2. The van der Waals surface area contributed by atoms with Crippen molar-refractivity contribution >= 4 is 11.9 Å². The minimum absolute atomic E-state index is 0.0215. The Morgan fingerprint density at radius 1 is 1.18 bits per heavy atom. The molecular formula is C16H22O6. The Hall–Kier alpha value is -1.40. The molecule has 122 valence electrons. The first-order valence-electron chi connectivity index (χ1n) is 7.96. The van der Waals surface area contributed by atoms with Gasteiger partial charge in [0.15, 0.2) is 6.29 Å². The maximum Gasteiger partial charge on any atom is 0.306 e. The zero-order valence-electron chi connectivity index (χ0n) is 12.5. The number of carboxylic acid groups (broad SMARTS) is 1. The van der Waals surface area contributed by atoms with Gasteiger partial charge in [-0.05, 0) is 25.2 Å². The van der Waals surface area contributed by atoms with Crippen molar-refractivity contribution in [3.05, 3.63) is 12.2 Å². The van der Waals surface area contributed by atoms with Gasteiger partial charge in [-0.3, -0.25) is 9.59 Å². The van der Waals surface area contributed by atoms with E-state index < -0.39 is 5.97 Å². The van der Waals surface area contributed by atoms with Crippen LogP contribution in [0.5, 0.6) is 0 Å². The van der Waals surface area contributed by atoms with Crippen molar-refractivity contribution in [2.75, 3.05) is 13.2 Å². The molecule has 3 rings (SSSR count). The van der Waals surface area contributed by atoms with E-state index >= 15 is 0 Å². The van der Waals surface area contributed by atoms with Crippen LogP contribution in [-0.4, -0.2) is 42.7 Å². The third kappa shape index (κ3) is 3.50. The van der Waals surface area contributed by atoms with Crippen molar-refractivity contribution in [1.82, 2.24) is 0 Å². The summed E-state index contributed by atoms with van der Waals surface area (Å²) in [5, 5.41) is 9.00. The Morgan fingerprint density at radius 2 is 1.91 bits per heavy atom. The van der Waals surface area contributed by atoms with Crippen LogP contribution in [0.2, 0.25) is 0 Å². The largest absolute Gasteiger partial charge is 0.481 e. The summed E-state index contributed by atoms with van der Waals surface area (Å²) in [4.78, 5) is 22.6. The van der Waals surface area contributed by atoms with Crippen molar-refractivity contribution in [3.63, 3.8) is 0 Å². The number of carboxylic acids is 1. The van der Waals surface area contributed by atoms with Crippen LogP contribution in [0.4, 0.5) is 0 Å². The molecule has 2 heterocycles. The molecule has 0 aromatic rings. The Bertz CT molecular complexity index is 454. The third-order valence-electron chi connectivity index (χ3n) is 4.71. The van der Waals surface area contributed by atoms with Crippen molar-refractivity contribution < 1.29 is 28.9 Å². The number of rotatable bonds is 5. The van der Waals surface area contributed by atoms with E-state index in [-0.39, 0.29) is 42.5 Å². The molecule has 0 amide bonds. The number of aliphatic carboxylic acids is 1. The average molecular weight is 310 g/mol. The molecule has 22 heavy (non-hydrogen) atoms. The molecule has 6 nitrogen and oxygen atoms in total. The van der Waals surface area contributed by atoms with Gasteiger partial charge in [0.25, 0.3) is 0 Å². The van der Waals surface area contributed by atoms with Crippen LogP contribution in [-0.2, 0) is 23.8 Å². The lowest BCUT2D eigenvalue weighted by atomic mass is 9.74. The molecule has 0 aromatic carbocycles. The van der Waals surface area contributed by atoms with Gasteiger partial charge in [0.2, 0.25) is 0 Å². The van der Waals surface area contributed by atoms with Gasteiger partial charge in [0.1, 0.15) is 6.10 Å². The van der Waals surface area contributed by atoms with Crippen LogP contribution < -0.4 is 0 Å². The first-order valence-corrected chi connectivity index (χ1v) is 7.96. The molecule has 0 saturated carbocycles. The predicted octanol–water partition coefficient (Wildman–Crippen LogP) is 1.74. The van der Waals surface area contributed by atoms with Crippen LogP contribution >= 0.6 is 0 Å². The maximum absolute atomic E-state index is 11.6. The predicted molar refractivity (Wildman–Crippen MR) is 75.9 cm³/mol. The van der Waals surface area contributed by atoms with E-state index in [1.807, 2.05) is 12.2 Å². The molecule has 6 heteroatoms. The number of carbonyl (C=O) groups is 2. The number of hydrogen-bond donors (Lipinski definition) is 1. The van der Waals surface area contributed by atoms with Crippen LogP contribution in [0.15, 0.2) is 12.2 Å². The number of carbonyl (C=O) groups excluding carboxylic acids is 1. The molecule has 4 atom stereocenters. The molecule has 0 unspecified atom stereocenters. The SMILES string of the molecule is O=C(O)C[C@@H]1C=C[C@@H](CCC2OCCCO2)[C@@H]2OC(=O)C[C@@H]21. The second-order valence-electron chi connectivity index (χ2n) is 6.23. The third-order valence-corrected chi connectivity index (χ3v) is 4.71. The van der Waals surface area contributed by atoms with Gasteiger partial charge in [0, 0.05) is 11.8 Å². The minimum atomic E-state index is -0.838. The number of ether oxygens (including phenoxy) is 3. The van der Waals surface area contributed by atoms with Crippen LogP contribution in [0.25, 0.3) is 0 Å². The van der Waals surface area contributed by atoms with Crippen molar-refractivity contribution in [3.8, 4) is 0 Å². The Morgan fingerprint density at radius 3 is 2.64 bits per heavy atom. The van der Waals surface area contributed by atoms with E-state index in [9.17, 15) is 9.59 Å². The smallest absolute Gasteiger partial charge is 0.306 e. The number of allylic oxidation sites excluding steroid dienone is 1. The number of hydrogen-bond acceptors (Lipinski definition) is 5. The van der Waals surface area contributed by atoms with Gasteiger partial charge < -0.3 is 19.3 Å². The summed E-state index contributed by atoms with van der Waals surface area (Å²) in [6.45, 7) is 1.46. The monoisotopic (exact) mass is 310 g/mol. The van der Waals surface area contributed by atoms with E-state index in [4.69, 9.17) is 19.3 Å². The van der Waals surface area contributed by atoms with Gasteiger partial charge in [-0.2, -0.15) is 0 Å². The highest BCUT2D eigenvalue weighted by Crippen LogP contribution is 2.41. The molecule has 2 fully saturated rings. The standard InChI is InChI=1S/C16H22O6/c17-13(18)8-11-3-2-10(16-12(11)9-14(19)22-16)4-5-15-20-6-1-7-21-15/h2-3,10-12,15-16H,1,4-9H2,(H,17,18)/t10-,11-,12+,16-/m0/s1. The highest BCUT2D eigenvalue weighted by atomic mass is 16.7. The zero-order chi connectivity index (χ0) is 15.5. The fraction of sp³-hybridized carbons (Fsp3) is 0.750. The fourth-order valence-electron chi connectivity index (χ4n) is 3.65. The van der Waals surface area contributed by atoms with E-state index in [0.29, 0.717) is 6.42 Å². The van der Waals surface area contributed by atoms with Crippen molar-refractivity contribution in [2.24, 2.45) is 17.8 Å². The highest BCUT2D eigenvalue weighted by molar-refractivity contribution is 5.73. The first kappa shape index (κ1) is 15.5. The Kier molecular flexibility index (Phi) is 4.78. The maximum atomic E-state index is 11.6. The van der Waals surface area contributed by atoms with Gasteiger partial charge in [-0.1, -0.05) is 12.2 Å². The molecule has 1 aliphatic carbocycles. The van der Waals surface area contributed by atoms with Crippen LogP contribution in [0.3, 0.4) is 0 Å². The summed E-state index contributed by atoms with van der Waals surface area (Å²) in [6, 6.07) is 0. The van der Waals surface area contributed by atoms with Crippen LogP contribution in [0.1, 0.15) is 32.1 Å². The quantitative estimate of drug-likeness (QED) is 0.615. The van der Waals surface area contributed by atoms with Gasteiger partial charge >= 0.3 is 11.9 Å². The summed E-state index contributed by atoms with van der Waals surface area (Å²) in [5.41, 5.74) is 0. The minimum Gasteiger partial charge on any atom is -0.481 e. The molecular weight excluding hydrogens is 288 g/mol. The average Bonchev–Trinajstić information content (AvgIpc) is 2.89. The lowest BCUT2D eigenvalue weighted by molar-refractivity contribution is -0.183. The molecule has 1 N–H and O–H groups in total. The fourth-order valence-corrected chi connectivity index (χ4v) is 3.65. The molecule has 2 aliphatic heterocycles. The van der Waals surface area contributed by atoms with E-state index in [1.54, 1.807) is 0 Å². The summed E-state index contributed by atoms with van der Waals surface area (Å²) < 4.78 is 16.6. The molecule has 0 aromatic heterocycles. The molecule has 2 saturated heterocycles. The first-order chi connectivity index (χ1) is 10.6. The lowest BCUT2D eigenvalue weighted by Crippen LogP contribution is -2.35. The summed E-state index contributed by atoms with van der Waals surface area (Å²) in [7, 11) is 0. The van der Waals surface area contributed by atoms with Gasteiger partial charge in [0.05, 0.1) is 26.1 Å². The molecule has 0 spiro atoms. The van der Waals surface area contributed by atoms with Crippen molar-refractivity contribution in [1.29, 1.82) is 0 Å². The van der Waals surface area contributed by atoms with Gasteiger partial charge in [-0.15, -0.1) is 0 Å². The molecule has 3 aliphatic rings. The van der Waals surface area contributed by atoms with E-state index in [1.165, 1.54) is 0 Å². The molecule has 0 bridgehead atoms. The lowest BCUT2D eigenvalue weighted by Gasteiger charge is -2.33. The number of esters is 1. The highest BCUT2D eigenvalue weighted by Gasteiger charge is 2.45. The number of fused-ring (bicyclic) bond motifs is 1. The van der Waals surface area contributed by atoms with Crippen molar-refractivity contribution in [2.45, 2.75) is 44.5 Å². The second-order valence-corrected chi connectivity index (χ2v) is 6.23. The summed E-state index contributed by atoms with van der Waals surface area (Å²) >= 11 is 0. The van der Waals surface area contributed by atoms with E-state index in [0.717, 1.165) is 32.5 Å². The van der Waals surface area contributed by atoms with Crippen LogP contribution in [0, 0.1) is 17.8 Å². The Labute approximate surface area is 129 Å². The van der Waals surface area contributed by atoms with Gasteiger partial charge in [-0.25, -0.2) is 0 Å². The zero-order valence-corrected chi connectivity index (χ0v) is 12.5. The summed E-state index contributed by atoms with van der Waals surface area (Å²) in [5.74, 6) is -1.07.